The van der Waals surface area contributed by atoms with Crippen molar-refractivity contribution >= 4 is 23.8 Å². The molecule has 0 unspecified atom stereocenters. The average molecular weight is 306 g/mol. The fourth-order valence-electron chi connectivity index (χ4n) is 1.72. The van der Waals surface area contributed by atoms with Crippen molar-refractivity contribution in [1.29, 1.82) is 0 Å². The quantitative estimate of drug-likeness (QED) is 0.607. The number of ether oxygens (including phenoxy) is 2. The van der Waals surface area contributed by atoms with E-state index in [1.807, 2.05) is 0 Å². The van der Waals surface area contributed by atoms with Crippen LogP contribution in [0, 0.1) is 0 Å². The third-order valence-electron chi connectivity index (χ3n) is 2.85. The van der Waals surface area contributed by atoms with Gasteiger partial charge in [-0.3, -0.25) is 0 Å². The first-order valence-electron chi connectivity index (χ1n) is 6.58. The van der Waals surface area contributed by atoms with Crippen molar-refractivity contribution in [2.75, 3.05) is 45.1 Å². The number of rotatable bonds is 9. The molecule has 0 saturated carbocycles. The monoisotopic (exact) mass is 306 g/mol. The van der Waals surface area contributed by atoms with E-state index < -0.39 is 12.0 Å². The van der Waals surface area contributed by atoms with Crippen LogP contribution in [-0.4, -0.2) is 73.2 Å². The zero-order valence-corrected chi connectivity index (χ0v) is 12.5. The maximum absolute atomic E-state index is 11.8. The number of urea groups is 1. The van der Waals surface area contributed by atoms with Crippen molar-refractivity contribution in [3.05, 3.63) is 0 Å². The van der Waals surface area contributed by atoms with E-state index in [-0.39, 0.29) is 6.03 Å². The Labute approximate surface area is 123 Å². The van der Waals surface area contributed by atoms with Gasteiger partial charge in [-0.05, 0) is 12.8 Å². The molecule has 8 heteroatoms. The Morgan fingerprint density at radius 1 is 1.35 bits per heavy atom. The summed E-state index contributed by atoms with van der Waals surface area (Å²) in [4.78, 5) is 24.1. The van der Waals surface area contributed by atoms with Crippen LogP contribution in [-0.2, 0) is 14.3 Å². The van der Waals surface area contributed by atoms with Crippen molar-refractivity contribution in [1.82, 2.24) is 10.2 Å². The third kappa shape index (κ3) is 5.98. The van der Waals surface area contributed by atoms with Gasteiger partial charge in [0, 0.05) is 26.0 Å². The smallest absolute Gasteiger partial charge is 0.327 e. The largest absolute Gasteiger partial charge is 0.480 e. The zero-order valence-electron chi connectivity index (χ0n) is 11.7. The molecule has 0 spiro atoms. The highest BCUT2D eigenvalue weighted by molar-refractivity contribution is 7.99. The molecule has 1 heterocycles. The lowest BCUT2D eigenvalue weighted by molar-refractivity contribution is -0.140. The van der Waals surface area contributed by atoms with Crippen LogP contribution < -0.4 is 5.32 Å². The van der Waals surface area contributed by atoms with Gasteiger partial charge in [-0.2, -0.15) is 0 Å². The van der Waals surface area contributed by atoms with Crippen molar-refractivity contribution in [3.63, 3.8) is 0 Å². The number of methoxy groups -OCH3 is 1. The molecular formula is C12H22N2O5S. The second-order valence-electron chi connectivity index (χ2n) is 4.37. The Balaban J connectivity index is 2.07. The third-order valence-corrected chi connectivity index (χ3v) is 3.86. The molecule has 0 aromatic rings. The molecule has 0 aliphatic carbocycles. The van der Waals surface area contributed by atoms with Crippen molar-refractivity contribution in [2.45, 2.75) is 18.9 Å². The summed E-state index contributed by atoms with van der Waals surface area (Å²) in [6.45, 7) is 2.32. The summed E-state index contributed by atoms with van der Waals surface area (Å²) in [7, 11) is 1.62. The van der Waals surface area contributed by atoms with E-state index in [0.717, 1.165) is 12.8 Å². The van der Waals surface area contributed by atoms with Gasteiger partial charge in [-0.25, -0.2) is 9.59 Å². The first-order valence-corrected chi connectivity index (χ1v) is 7.74. The maximum atomic E-state index is 11.8. The van der Waals surface area contributed by atoms with E-state index in [9.17, 15) is 9.59 Å². The number of thioether (sulfide) groups is 1. The lowest BCUT2D eigenvalue weighted by Gasteiger charge is -2.20. The van der Waals surface area contributed by atoms with Gasteiger partial charge in [0.25, 0.3) is 0 Å². The average Bonchev–Trinajstić information content (AvgIpc) is 2.91. The molecule has 7 nitrogen and oxygen atoms in total. The molecule has 1 fully saturated rings. The van der Waals surface area contributed by atoms with Crippen LogP contribution in [0.1, 0.15) is 12.8 Å². The van der Waals surface area contributed by atoms with Gasteiger partial charge in [-0.1, -0.05) is 0 Å². The Hall–Kier alpha value is -0.990. The fourth-order valence-corrected chi connectivity index (χ4v) is 2.86. The molecule has 1 aliphatic rings. The lowest BCUT2D eigenvalue weighted by Crippen LogP contribution is -2.47. The molecule has 116 valence electrons. The standard InChI is InChI=1S/C12H22N2O5S/c1-18-6-7-19-5-3-2-4-13-12(17)14-9-20-8-10(14)11(15)16/h10H,2-9H2,1H3,(H,13,17)(H,15,16)/t10-/m0/s1. The predicted octanol–water partition coefficient (Wildman–Crippen LogP) is 0.599. The molecular weight excluding hydrogens is 284 g/mol. The van der Waals surface area contributed by atoms with E-state index in [2.05, 4.69) is 5.32 Å². The number of carboxylic acids is 1. The molecule has 0 bridgehead atoms. The van der Waals surface area contributed by atoms with Crippen LogP contribution in [0.15, 0.2) is 0 Å². The van der Waals surface area contributed by atoms with E-state index in [4.69, 9.17) is 14.6 Å². The summed E-state index contributed by atoms with van der Waals surface area (Å²) >= 11 is 1.45. The van der Waals surface area contributed by atoms with Crippen LogP contribution >= 0.6 is 11.8 Å². The lowest BCUT2D eigenvalue weighted by atomic mass is 10.3. The minimum atomic E-state index is -0.948. The second kappa shape index (κ2) is 9.84. The Bertz CT molecular complexity index is 316. The van der Waals surface area contributed by atoms with E-state index >= 15 is 0 Å². The second-order valence-corrected chi connectivity index (χ2v) is 5.37. The van der Waals surface area contributed by atoms with Crippen LogP contribution in [0.25, 0.3) is 0 Å². The van der Waals surface area contributed by atoms with Crippen LogP contribution in [0.4, 0.5) is 4.79 Å². The van der Waals surface area contributed by atoms with Crippen LogP contribution in [0.2, 0.25) is 0 Å². The van der Waals surface area contributed by atoms with Crippen LogP contribution in [0.3, 0.4) is 0 Å². The van der Waals surface area contributed by atoms with E-state index in [1.165, 1.54) is 16.7 Å². The number of aliphatic carboxylic acids is 1. The number of hydrogen-bond acceptors (Lipinski definition) is 5. The van der Waals surface area contributed by atoms with Gasteiger partial charge < -0.3 is 24.8 Å². The van der Waals surface area contributed by atoms with Gasteiger partial charge in [0.2, 0.25) is 0 Å². The highest BCUT2D eigenvalue weighted by Crippen LogP contribution is 2.20. The molecule has 1 rings (SSSR count). The zero-order chi connectivity index (χ0) is 14.8. The van der Waals surface area contributed by atoms with Crippen molar-refractivity contribution < 1.29 is 24.2 Å². The number of unbranched alkanes of at least 4 members (excludes halogenated alkanes) is 1. The van der Waals surface area contributed by atoms with Gasteiger partial charge in [0.15, 0.2) is 0 Å². The number of amides is 2. The summed E-state index contributed by atoms with van der Waals surface area (Å²) in [5.41, 5.74) is 0. The maximum Gasteiger partial charge on any atom is 0.327 e. The number of hydrogen-bond donors (Lipinski definition) is 2. The van der Waals surface area contributed by atoms with Crippen molar-refractivity contribution in [3.8, 4) is 0 Å². The molecule has 0 aromatic heterocycles. The SMILES string of the molecule is COCCOCCCCNC(=O)N1CSC[C@H]1C(=O)O. The fraction of sp³-hybridized carbons (Fsp3) is 0.833. The predicted molar refractivity (Wildman–Crippen MR) is 75.9 cm³/mol. The number of nitrogens with zero attached hydrogens (tertiary/aromatic N) is 1. The van der Waals surface area contributed by atoms with Gasteiger partial charge in [0.05, 0.1) is 19.1 Å². The molecule has 0 aromatic carbocycles. The topological polar surface area (TPSA) is 88.1 Å². The minimum Gasteiger partial charge on any atom is -0.480 e. The van der Waals surface area contributed by atoms with Gasteiger partial charge in [-0.15, -0.1) is 11.8 Å². The Morgan fingerprint density at radius 3 is 2.85 bits per heavy atom. The Morgan fingerprint density at radius 2 is 2.15 bits per heavy atom. The normalized spacial score (nSPS) is 18.2. The molecule has 20 heavy (non-hydrogen) atoms. The molecule has 2 N–H and O–H groups in total. The van der Waals surface area contributed by atoms with Gasteiger partial charge in [0.1, 0.15) is 6.04 Å². The summed E-state index contributed by atoms with van der Waals surface area (Å²) in [6, 6.07) is -1.01. The van der Waals surface area contributed by atoms with Crippen molar-refractivity contribution in [2.24, 2.45) is 0 Å². The summed E-state index contributed by atoms with van der Waals surface area (Å²) in [5.74, 6) is -0.0596. The first-order chi connectivity index (χ1) is 9.66. The van der Waals surface area contributed by atoms with Gasteiger partial charge >= 0.3 is 12.0 Å². The number of carbonyl (C=O) groups excluding carboxylic acids is 1. The first kappa shape index (κ1) is 17.1. The molecule has 1 aliphatic heterocycles. The minimum absolute atomic E-state index is 0.303. The molecule has 0 radical (unpaired) electrons. The number of nitrogens with one attached hydrogen (secondary N) is 1. The molecule has 1 atom stereocenters. The summed E-state index contributed by atoms with van der Waals surface area (Å²) < 4.78 is 10.2. The van der Waals surface area contributed by atoms with E-state index in [0.29, 0.717) is 38.0 Å². The number of carboxylic acid groups (broad SMARTS) is 1. The highest BCUT2D eigenvalue weighted by atomic mass is 32.2. The highest BCUT2D eigenvalue weighted by Gasteiger charge is 2.34. The number of carbonyl (C=O) groups is 2. The summed E-state index contributed by atoms with van der Waals surface area (Å²) in [5, 5.41) is 11.7. The molecule has 1 saturated heterocycles. The Kier molecular flexibility index (Phi) is 8.40. The van der Waals surface area contributed by atoms with Crippen LogP contribution in [0.5, 0.6) is 0 Å². The molecule has 2 amide bonds. The summed E-state index contributed by atoms with van der Waals surface area (Å²) in [6.07, 6.45) is 1.65. The van der Waals surface area contributed by atoms with E-state index in [1.54, 1.807) is 7.11 Å².